The van der Waals surface area contributed by atoms with Gasteiger partial charge in [-0.25, -0.2) is 0 Å². The van der Waals surface area contributed by atoms with Gasteiger partial charge in [0.15, 0.2) is 0 Å². The summed E-state index contributed by atoms with van der Waals surface area (Å²) >= 11 is 0. The normalized spacial score (nSPS) is 31.8. The molecule has 0 aliphatic heterocycles. The minimum atomic E-state index is -0.753. The van der Waals surface area contributed by atoms with Gasteiger partial charge in [0.1, 0.15) is 12.2 Å². The van der Waals surface area contributed by atoms with Crippen LogP contribution in [0.15, 0.2) is 0 Å². The Labute approximate surface area is 96.0 Å². The Morgan fingerprint density at radius 3 is 2.88 bits per heavy atom. The van der Waals surface area contributed by atoms with E-state index < -0.39 is 17.5 Å². The van der Waals surface area contributed by atoms with Crippen molar-refractivity contribution in [3.05, 3.63) is 0 Å². The predicted octanol–water partition coefficient (Wildman–Crippen LogP) is 1.31. The molecule has 0 aromatic heterocycles. The lowest BCUT2D eigenvalue weighted by Gasteiger charge is -2.35. The first-order valence-electron chi connectivity index (χ1n) is 5.84. The Bertz CT molecular complexity index is 260. The number of carbonyl (C=O) groups is 2. The Morgan fingerprint density at radius 2 is 2.38 bits per heavy atom. The van der Waals surface area contributed by atoms with Gasteiger partial charge in [0, 0.05) is 0 Å². The Kier molecular flexibility index (Phi) is 4.47. The van der Waals surface area contributed by atoms with Crippen LogP contribution in [0.5, 0.6) is 0 Å². The smallest absolute Gasteiger partial charge is 0.316 e. The average molecular weight is 228 g/mol. The maximum atomic E-state index is 11.5. The molecule has 0 heterocycles. The fourth-order valence-corrected chi connectivity index (χ4v) is 2.42. The summed E-state index contributed by atoms with van der Waals surface area (Å²) in [6.45, 7) is 3.76. The number of rotatable bonds is 4. The lowest BCUT2D eigenvalue weighted by atomic mass is 9.74. The van der Waals surface area contributed by atoms with Crippen molar-refractivity contribution in [1.82, 2.24) is 0 Å². The van der Waals surface area contributed by atoms with E-state index in [-0.39, 0.29) is 12.5 Å². The minimum Gasteiger partial charge on any atom is -0.465 e. The maximum Gasteiger partial charge on any atom is 0.316 e. The molecule has 4 nitrogen and oxygen atoms in total. The highest BCUT2D eigenvalue weighted by Gasteiger charge is 2.37. The third-order valence-corrected chi connectivity index (χ3v) is 3.21. The molecular weight excluding hydrogens is 208 g/mol. The van der Waals surface area contributed by atoms with Crippen molar-refractivity contribution >= 4 is 12.3 Å². The molecule has 0 bridgehead atoms. The number of hydrogen-bond acceptors (Lipinski definition) is 4. The highest BCUT2D eigenvalue weighted by atomic mass is 16.5. The molecule has 16 heavy (non-hydrogen) atoms. The molecule has 1 saturated carbocycles. The highest BCUT2D eigenvalue weighted by molar-refractivity contribution is 5.88. The van der Waals surface area contributed by atoms with E-state index in [0.29, 0.717) is 12.7 Å². The number of hydrogen-bond donors (Lipinski definition) is 1. The van der Waals surface area contributed by atoms with Crippen LogP contribution in [0.4, 0.5) is 0 Å². The molecule has 0 aromatic carbocycles. The fourth-order valence-electron chi connectivity index (χ4n) is 2.42. The van der Waals surface area contributed by atoms with E-state index in [9.17, 15) is 14.7 Å². The lowest BCUT2D eigenvalue weighted by Crippen LogP contribution is -2.38. The van der Waals surface area contributed by atoms with Crippen LogP contribution in [0.3, 0.4) is 0 Å². The second-order valence-electron chi connectivity index (χ2n) is 4.77. The summed E-state index contributed by atoms with van der Waals surface area (Å²) < 4.78 is 4.86. The summed E-state index contributed by atoms with van der Waals surface area (Å²) in [6.07, 6.45) is 3.54. The summed E-state index contributed by atoms with van der Waals surface area (Å²) in [5, 5.41) is 9.93. The number of aldehydes is 1. The van der Waals surface area contributed by atoms with E-state index in [2.05, 4.69) is 0 Å². The van der Waals surface area contributed by atoms with Gasteiger partial charge in [-0.3, -0.25) is 4.79 Å². The van der Waals surface area contributed by atoms with Crippen LogP contribution in [0.2, 0.25) is 0 Å². The van der Waals surface area contributed by atoms with Crippen molar-refractivity contribution in [1.29, 1.82) is 0 Å². The van der Waals surface area contributed by atoms with Gasteiger partial charge in [0.2, 0.25) is 0 Å². The van der Waals surface area contributed by atoms with Gasteiger partial charge >= 0.3 is 5.97 Å². The molecule has 0 amide bonds. The summed E-state index contributed by atoms with van der Waals surface area (Å²) in [6, 6.07) is 0. The third-order valence-electron chi connectivity index (χ3n) is 3.21. The van der Waals surface area contributed by atoms with Crippen LogP contribution in [-0.4, -0.2) is 29.6 Å². The quantitative estimate of drug-likeness (QED) is 0.447. The van der Waals surface area contributed by atoms with E-state index in [1.807, 2.05) is 0 Å². The van der Waals surface area contributed by atoms with Crippen molar-refractivity contribution in [3.63, 3.8) is 0 Å². The van der Waals surface area contributed by atoms with E-state index in [1.54, 1.807) is 13.8 Å². The number of aliphatic hydroxyl groups is 1. The van der Waals surface area contributed by atoms with Crippen LogP contribution < -0.4 is 0 Å². The molecular formula is C12H20O4. The Balaban J connectivity index is 2.65. The standard InChI is InChI=1S/C12H20O4/c1-3-16-11(14)10(8-13)9-5-4-6-12(2,15)7-9/h8-10,15H,3-7H2,1-2H3. The second kappa shape index (κ2) is 5.43. The zero-order valence-electron chi connectivity index (χ0n) is 9.94. The van der Waals surface area contributed by atoms with E-state index >= 15 is 0 Å². The van der Waals surface area contributed by atoms with Crippen LogP contribution in [0.1, 0.15) is 39.5 Å². The van der Waals surface area contributed by atoms with Crippen LogP contribution in [0, 0.1) is 11.8 Å². The maximum absolute atomic E-state index is 11.5. The Morgan fingerprint density at radius 1 is 1.69 bits per heavy atom. The molecule has 1 aliphatic rings. The van der Waals surface area contributed by atoms with Crippen LogP contribution >= 0.6 is 0 Å². The summed E-state index contributed by atoms with van der Waals surface area (Å²) in [4.78, 5) is 22.5. The van der Waals surface area contributed by atoms with Crippen LogP contribution in [0.25, 0.3) is 0 Å². The van der Waals surface area contributed by atoms with Gasteiger partial charge in [-0.05, 0) is 39.0 Å². The van der Waals surface area contributed by atoms with Crippen molar-refractivity contribution in [3.8, 4) is 0 Å². The molecule has 92 valence electrons. The zero-order chi connectivity index (χ0) is 12.2. The first kappa shape index (κ1) is 13.2. The topological polar surface area (TPSA) is 63.6 Å². The molecule has 1 aliphatic carbocycles. The Hall–Kier alpha value is -0.900. The summed E-state index contributed by atoms with van der Waals surface area (Å²) in [7, 11) is 0. The molecule has 3 unspecified atom stereocenters. The highest BCUT2D eigenvalue weighted by Crippen LogP contribution is 2.36. The predicted molar refractivity (Wildman–Crippen MR) is 58.8 cm³/mol. The van der Waals surface area contributed by atoms with Crippen LogP contribution in [-0.2, 0) is 14.3 Å². The van der Waals surface area contributed by atoms with E-state index in [4.69, 9.17) is 4.74 Å². The van der Waals surface area contributed by atoms with Gasteiger partial charge < -0.3 is 14.6 Å². The van der Waals surface area contributed by atoms with Crippen molar-refractivity contribution in [2.24, 2.45) is 11.8 Å². The second-order valence-corrected chi connectivity index (χ2v) is 4.77. The van der Waals surface area contributed by atoms with Crippen molar-refractivity contribution < 1.29 is 19.4 Å². The molecule has 3 atom stereocenters. The van der Waals surface area contributed by atoms with E-state index in [1.165, 1.54) is 0 Å². The number of ether oxygens (including phenoxy) is 1. The SMILES string of the molecule is CCOC(=O)C(C=O)C1CCCC(C)(O)C1. The van der Waals surface area contributed by atoms with Gasteiger partial charge in [0.25, 0.3) is 0 Å². The largest absolute Gasteiger partial charge is 0.465 e. The first-order chi connectivity index (χ1) is 7.50. The molecule has 1 rings (SSSR count). The fraction of sp³-hybridized carbons (Fsp3) is 0.833. The monoisotopic (exact) mass is 228 g/mol. The number of esters is 1. The first-order valence-corrected chi connectivity index (χ1v) is 5.84. The van der Waals surface area contributed by atoms with E-state index in [0.717, 1.165) is 19.3 Å². The molecule has 0 aromatic rings. The molecule has 1 N–H and O–H groups in total. The van der Waals surface area contributed by atoms with Gasteiger partial charge in [-0.1, -0.05) is 6.42 Å². The number of carbonyl (C=O) groups excluding carboxylic acids is 2. The summed E-state index contributed by atoms with van der Waals surface area (Å²) in [5.41, 5.74) is -0.753. The third kappa shape index (κ3) is 3.30. The van der Waals surface area contributed by atoms with Gasteiger partial charge in [0.05, 0.1) is 12.2 Å². The average Bonchev–Trinajstić information content (AvgIpc) is 2.17. The molecule has 0 radical (unpaired) electrons. The zero-order valence-corrected chi connectivity index (χ0v) is 9.94. The lowest BCUT2D eigenvalue weighted by molar-refractivity contribution is -0.153. The van der Waals surface area contributed by atoms with Crippen molar-refractivity contribution in [2.45, 2.75) is 45.1 Å². The van der Waals surface area contributed by atoms with Crippen molar-refractivity contribution in [2.75, 3.05) is 6.61 Å². The molecule has 0 spiro atoms. The summed E-state index contributed by atoms with van der Waals surface area (Å²) in [5.74, 6) is -1.26. The molecule has 1 fully saturated rings. The van der Waals surface area contributed by atoms with Gasteiger partial charge in [-0.15, -0.1) is 0 Å². The molecule has 0 saturated heterocycles. The molecule has 4 heteroatoms. The van der Waals surface area contributed by atoms with Gasteiger partial charge in [-0.2, -0.15) is 0 Å². The minimum absolute atomic E-state index is 0.0831.